The molecule has 25 heavy (non-hydrogen) atoms. The Kier molecular flexibility index (Phi) is 6.37. The van der Waals surface area contributed by atoms with Crippen molar-refractivity contribution in [1.29, 1.82) is 0 Å². The van der Waals surface area contributed by atoms with E-state index < -0.39 is 32.7 Å². The number of rotatable bonds is 6. The molecule has 0 aliphatic heterocycles. The number of hydrogen-bond donors (Lipinski definition) is 0. The summed E-state index contributed by atoms with van der Waals surface area (Å²) < 4.78 is 5.51. The van der Waals surface area contributed by atoms with E-state index in [1.54, 1.807) is 16.7 Å². The minimum atomic E-state index is -1.64. The zero-order chi connectivity index (χ0) is 18.1. The van der Waals surface area contributed by atoms with E-state index in [4.69, 9.17) is 0 Å². The molecule has 0 nitrogen and oxygen atoms in total. The Balaban J connectivity index is 2.17. The van der Waals surface area contributed by atoms with Crippen molar-refractivity contribution >= 4 is 0 Å². The summed E-state index contributed by atoms with van der Waals surface area (Å²) in [6.45, 7) is 14.2. The molecule has 0 unspecified atom stereocenters. The standard InChI is InChI=1S/3C8H11.Tb/c3*1-7(2)8-5-3-4-6-8;/h3*3,5,7H,4H2,1-2H3;. The SMILES string of the molecule is CC(C)C1=[C]([Tb]([C]2=C(C(C)C)C=CC2)[C]2=C(C(C)C)C=CC2)CC=C1. The molecule has 0 aromatic carbocycles. The molecule has 0 aromatic rings. The molecule has 0 fully saturated rings. The molecule has 3 aliphatic rings. The first-order valence-corrected chi connectivity index (χ1v) is 12.9. The first-order valence-electron chi connectivity index (χ1n) is 9.73. The fourth-order valence-corrected chi connectivity index (χ4v) is 12.4. The Morgan fingerprint density at radius 2 is 0.840 bits per heavy atom. The van der Waals surface area contributed by atoms with Crippen LogP contribution in [0.1, 0.15) is 60.8 Å². The van der Waals surface area contributed by atoms with Gasteiger partial charge < -0.3 is 0 Å². The number of hydrogen-bond acceptors (Lipinski definition) is 0. The third-order valence-electron chi connectivity index (χ3n) is 5.13. The van der Waals surface area contributed by atoms with E-state index in [1.165, 1.54) is 19.3 Å². The van der Waals surface area contributed by atoms with Crippen LogP contribution < -0.4 is 0 Å². The Bertz CT molecular complexity index is 617. The van der Waals surface area contributed by atoms with Crippen molar-refractivity contribution in [2.45, 2.75) is 60.8 Å². The molecule has 0 aromatic heterocycles. The van der Waals surface area contributed by atoms with Crippen LogP contribution in [-0.2, 0) is 0 Å². The second-order valence-corrected chi connectivity index (χ2v) is 13.5. The molecule has 138 valence electrons. The van der Waals surface area contributed by atoms with Gasteiger partial charge in [0.2, 0.25) is 0 Å². The molecule has 3 aliphatic carbocycles. The van der Waals surface area contributed by atoms with Crippen molar-refractivity contribution in [1.82, 2.24) is 0 Å². The monoisotopic (exact) mass is 480 g/mol. The second kappa shape index (κ2) is 8.17. The molecule has 1 heteroatoms. The number of allylic oxidation sites excluding steroid dienone is 12. The Morgan fingerprint density at radius 3 is 1.08 bits per heavy atom. The van der Waals surface area contributed by atoms with E-state index in [0.29, 0.717) is 17.8 Å². The summed E-state index contributed by atoms with van der Waals surface area (Å²) in [4.78, 5) is 0. The van der Waals surface area contributed by atoms with Gasteiger partial charge in [-0.3, -0.25) is 0 Å². The zero-order valence-corrected chi connectivity index (χ0v) is 18.8. The van der Waals surface area contributed by atoms with E-state index in [9.17, 15) is 0 Å². The molecule has 0 amide bonds. The average Bonchev–Trinajstić information content (AvgIpc) is 3.28. The van der Waals surface area contributed by atoms with Gasteiger partial charge in [-0.2, -0.15) is 0 Å². The molecule has 0 heterocycles. The summed E-state index contributed by atoms with van der Waals surface area (Å²) in [6, 6.07) is 0. The fraction of sp³-hybridized carbons (Fsp3) is 0.500. The van der Waals surface area contributed by atoms with Gasteiger partial charge in [-0.15, -0.1) is 0 Å². The van der Waals surface area contributed by atoms with E-state index in [0.717, 1.165) is 0 Å². The van der Waals surface area contributed by atoms with E-state index >= 15 is 0 Å². The summed E-state index contributed by atoms with van der Waals surface area (Å²) in [5.41, 5.74) is 4.96. The summed E-state index contributed by atoms with van der Waals surface area (Å²) in [7, 11) is 0. The summed E-state index contributed by atoms with van der Waals surface area (Å²) in [5, 5.41) is 0. The third-order valence-corrected chi connectivity index (χ3v) is 12.2. The van der Waals surface area contributed by atoms with Gasteiger partial charge in [-0.25, -0.2) is 0 Å². The molecule has 0 N–H and O–H groups in total. The first kappa shape index (κ1) is 19.5. The van der Waals surface area contributed by atoms with E-state index in [-0.39, 0.29) is 0 Å². The molecular formula is C24H33Tb. The summed E-state index contributed by atoms with van der Waals surface area (Å²) >= 11 is -1.64. The third kappa shape index (κ3) is 3.88. The zero-order valence-electron chi connectivity index (χ0n) is 16.7. The van der Waals surface area contributed by atoms with E-state index in [2.05, 4.69) is 78.0 Å². The van der Waals surface area contributed by atoms with Gasteiger partial charge in [0.25, 0.3) is 0 Å². The van der Waals surface area contributed by atoms with Gasteiger partial charge in [0.05, 0.1) is 0 Å². The Morgan fingerprint density at radius 1 is 0.560 bits per heavy atom. The second-order valence-electron chi connectivity index (χ2n) is 8.03. The van der Waals surface area contributed by atoms with Gasteiger partial charge in [-0.05, 0) is 0 Å². The van der Waals surface area contributed by atoms with Gasteiger partial charge in [0, 0.05) is 0 Å². The van der Waals surface area contributed by atoms with Gasteiger partial charge in [0.1, 0.15) is 0 Å². The molecule has 0 saturated carbocycles. The van der Waals surface area contributed by atoms with Gasteiger partial charge in [0.15, 0.2) is 0 Å². The van der Waals surface area contributed by atoms with Crippen LogP contribution >= 0.6 is 0 Å². The molecule has 0 spiro atoms. The molecule has 0 saturated heterocycles. The summed E-state index contributed by atoms with van der Waals surface area (Å²) in [5.74, 6) is 1.93. The van der Waals surface area contributed by atoms with Crippen LogP contribution in [-0.4, -0.2) is 0 Å². The summed E-state index contributed by atoms with van der Waals surface area (Å²) in [6.07, 6.45) is 18.2. The van der Waals surface area contributed by atoms with Crippen LogP contribution in [0.25, 0.3) is 0 Å². The minimum absolute atomic E-state index is 0.645. The predicted octanol–water partition coefficient (Wildman–Crippen LogP) is 7.22. The Labute approximate surface area is 167 Å². The van der Waals surface area contributed by atoms with Crippen LogP contribution in [0.3, 0.4) is 0 Å². The fourth-order valence-electron chi connectivity index (χ4n) is 3.80. The van der Waals surface area contributed by atoms with Crippen LogP contribution in [0.15, 0.2) is 57.8 Å². The topological polar surface area (TPSA) is 0 Å². The van der Waals surface area contributed by atoms with E-state index in [1.807, 2.05) is 4.63 Å². The van der Waals surface area contributed by atoms with Gasteiger partial charge >= 0.3 is 169 Å². The van der Waals surface area contributed by atoms with Crippen molar-refractivity contribution < 1.29 is 32.7 Å². The first-order chi connectivity index (χ1) is 11.9. The maximum absolute atomic E-state index is 2.43. The van der Waals surface area contributed by atoms with Crippen molar-refractivity contribution in [3.63, 3.8) is 0 Å². The molecule has 0 radical (unpaired) electrons. The van der Waals surface area contributed by atoms with Crippen molar-refractivity contribution in [2.24, 2.45) is 17.8 Å². The van der Waals surface area contributed by atoms with Gasteiger partial charge in [-0.1, -0.05) is 0 Å². The maximum atomic E-state index is 2.43. The quantitative estimate of drug-likeness (QED) is 0.377. The predicted molar refractivity (Wildman–Crippen MR) is 107 cm³/mol. The molecule has 3 rings (SSSR count). The van der Waals surface area contributed by atoms with Crippen molar-refractivity contribution in [3.8, 4) is 0 Å². The average molecular weight is 480 g/mol. The van der Waals surface area contributed by atoms with Crippen LogP contribution in [0, 0.1) is 50.4 Å². The van der Waals surface area contributed by atoms with Crippen LogP contribution in [0.2, 0.25) is 0 Å². The Hall–Kier alpha value is -0.274. The molecular weight excluding hydrogens is 447 g/mol. The molecule has 0 bridgehead atoms. The molecule has 0 atom stereocenters. The normalized spacial score (nSPS) is 20.8. The van der Waals surface area contributed by atoms with Crippen molar-refractivity contribution in [3.05, 3.63) is 57.8 Å². The van der Waals surface area contributed by atoms with Crippen molar-refractivity contribution in [2.75, 3.05) is 0 Å². The van der Waals surface area contributed by atoms with Crippen LogP contribution in [0.5, 0.6) is 0 Å². The van der Waals surface area contributed by atoms with Crippen LogP contribution in [0.4, 0.5) is 0 Å².